The van der Waals surface area contributed by atoms with Gasteiger partial charge in [-0.3, -0.25) is 4.79 Å². The molecule has 0 heterocycles. The van der Waals surface area contributed by atoms with Crippen LogP contribution in [0.2, 0.25) is 0 Å². The smallest absolute Gasteiger partial charge is 0.228 e. The lowest BCUT2D eigenvalue weighted by Gasteiger charge is -2.08. The zero-order valence-electron chi connectivity index (χ0n) is 11.6. The summed E-state index contributed by atoms with van der Waals surface area (Å²) in [5, 5.41) is 11.5. The van der Waals surface area contributed by atoms with Gasteiger partial charge in [-0.15, -0.1) is 0 Å². The number of aliphatic hydroxyl groups excluding tert-OH is 1. The summed E-state index contributed by atoms with van der Waals surface area (Å²) in [4.78, 5) is 12.1. The van der Waals surface area contributed by atoms with Crippen molar-refractivity contribution in [2.24, 2.45) is 11.3 Å². The number of amides is 1. The lowest BCUT2D eigenvalue weighted by atomic mass is 10.1. The Labute approximate surface area is 118 Å². The fourth-order valence-corrected chi connectivity index (χ4v) is 3.15. The van der Waals surface area contributed by atoms with Crippen molar-refractivity contribution in [1.82, 2.24) is 0 Å². The SMILES string of the molecule is CC1(C)C[C@@H]1C(=O)Nc1ccc(S(=O)(=O)CCO)cc1. The van der Waals surface area contributed by atoms with E-state index in [4.69, 9.17) is 5.11 Å². The monoisotopic (exact) mass is 297 g/mol. The topological polar surface area (TPSA) is 83.5 Å². The van der Waals surface area contributed by atoms with Gasteiger partial charge in [0.2, 0.25) is 5.91 Å². The first kappa shape index (κ1) is 15.0. The summed E-state index contributed by atoms with van der Waals surface area (Å²) in [6.07, 6.45) is 0.877. The number of hydrogen-bond donors (Lipinski definition) is 2. The van der Waals surface area contributed by atoms with Crippen LogP contribution in [0.15, 0.2) is 29.2 Å². The standard InChI is InChI=1S/C14H19NO4S/c1-14(2)9-12(14)13(17)15-10-3-5-11(6-4-10)20(18,19)8-7-16/h3-6,12,16H,7-9H2,1-2H3,(H,15,17)/t12-/m1/s1. The number of sulfone groups is 1. The Bertz CT molecular complexity index is 605. The highest BCUT2D eigenvalue weighted by molar-refractivity contribution is 7.91. The number of carbonyl (C=O) groups excluding carboxylic acids is 1. The van der Waals surface area contributed by atoms with Crippen molar-refractivity contribution in [1.29, 1.82) is 0 Å². The second kappa shape index (κ2) is 5.18. The van der Waals surface area contributed by atoms with Gasteiger partial charge in [-0.25, -0.2) is 8.42 Å². The fourth-order valence-electron chi connectivity index (χ4n) is 2.13. The molecule has 1 saturated carbocycles. The summed E-state index contributed by atoms with van der Waals surface area (Å²) in [6.45, 7) is 3.68. The third-order valence-corrected chi connectivity index (χ3v) is 5.38. The molecule has 1 fully saturated rings. The van der Waals surface area contributed by atoms with Crippen molar-refractivity contribution >= 4 is 21.4 Å². The van der Waals surface area contributed by atoms with Crippen LogP contribution in [-0.2, 0) is 14.6 Å². The van der Waals surface area contributed by atoms with E-state index in [-0.39, 0.29) is 27.9 Å². The first-order valence-electron chi connectivity index (χ1n) is 6.51. The zero-order chi connectivity index (χ0) is 15.0. The highest BCUT2D eigenvalue weighted by Gasteiger charge is 2.50. The summed E-state index contributed by atoms with van der Waals surface area (Å²) in [5.74, 6) is -0.295. The number of anilines is 1. The van der Waals surface area contributed by atoms with E-state index in [1.54, 1.807) is 12.1 Å². The minimum absolute atomic E-state index is 0.0269. The Hall–Kier alpha value is -1.40. The van der Waals surface area contributed by atoms with Gasteiger partial charge in [-0.2, -0.15) is 0 Å². The van der Waals surface area contributed by atoms with Gasteiger partial charge in [0.25, 0.3) is 0 Å². The number of carbonyl (C=O) groups is 1. The van der Waals surface area contributed by atoms with Crippen LogP contribution in [0.5, 0.6) is 0 Å². The van der Waals surface area contributed by atoms with Crippen LogP contribution >= 0.6 is 0 Å². The molecule has 110 valence electrons. The van der Waals surface area contributed by atoms with Crippen molar-refractivity contribution in [2.75, 3.05) is 17.7 Å². The van der Waals surface area contributed by atoms with Gasteiger partial charge < -0.3 is 10.4 Å². The number of rotatable bonds is 5. The molecule has 1 amide bonds. The second-order valence-electron chi connectivity index (χ2n) is 5.80. The van der Waals surface area contributed by atoms with Crippen LogP contribution in [0.4, 0.5) is 5.69 Å². The van der Waals surface area contributed by atoms with Crippen LogP contribution in [0.3, 0.4) is 0 Å². The Kier molecular flexibility index (Phi) is 3.88. The molecule has 20 heavy (non-hydrogen) atoms. The van der Waals surface area contributed by atoms with Gasteiger partial charge >= 0.3 is 0 Å². The normalized spacial score (nSPS) is 20.4. The average molecular weight is 297 g/mol. The highest BCUT2D eigenvalue weighted by Crippen LogP contribution is 2.51. The van der Waals surface area contributed by atoms with Gasteiger partial charge in [0, 0.05) is 11.6 Å². The molecule has 1 aromatic carbocycles. The predicted octanol–water partition coefficient (Wildman–Crippen LogP) is 1.44. The van der Waals surface area contributed by atoms with Crippen LogP contribution in [0, 0.1) is 11.3 Å². The molecule has 0 saturated heterocycles. The van der Waals surface area contributed by atoms with Gasteiger partial charge in [0.1, 0.15) is 0 Å². The number of nitrogens with one attached hydrogen (secondary N) is 1. The van der Waals surface area contributed by atoms with E-state index < -0.39 is 16.4 Å². The molecular formula is C14H19NO4S. The largest absolute Gasteiger partial charge is 0.395 e. The molecule has 2 N–H and O–H groups in total. The van der Waals surface area contributed by atoms with E-state index in [1.807, 2.05) is 13.8 Å². The Morgan fingerprint density at radius 1 is 1.35 bits per heavy atom. The van der Waals surface area contributed by atoms with E-state index in [9.17, 15) is 13.2 Å². The zero-order valence-corrected chi connectivity index (χ0v) is 12.4. The molecule has 0 aliphatic heterocycles. The number of hydrogen-bond acceptors (Lipinski definition) is 4. The van der Waals surface area contributed by atoms with Crippen molar-refractivity contribution in [3.8, 4) is 0 Å². The summed E-state index contributed by atoms with van der Waals surface area (Å²) >= 11 is 0. The molecule has 1 aromatic rings. The Morgan fingerprint density at radius 2 is 1.90 bits per heavy atom. The van der Waals surface area contributed by atoms with Crippen molar-refractivity contribution in [3.05, 3.63) is 24.3 Å². The molecule has 2 rings (SSSR count). The maximum Gasteiger partial charge on any atom is 0.228 e. The third kappa shape index (κ3) is 3.19. The summed E-state index contributed by atoms with van der Waals surface area (Å²) < 4.78 is 23.4. The Morgan fingerprint density at radius 3 is 2.35 bits per heavy atom. The average Bonchev–Trinajstić information content (AvgIpc) is 2.99. The maximum atomic E-state index is 11.9. The van der Waals surface area contributed by atoms with E-state index >= 15 is 0 Å². The van der Waals surface area contributed by atoms with Crippen LogP contribution < -0.4 is 5.32 Å². The molecule has 6 heteroatoms. The quantitative estimate of drug-likeness (QED) is 0.861. The van der Waals surface area contributed by atoms with E-state index in [2.05, 4.69) is 5.32 Å². The lowest BCUT2D eigenvalue weighted by molar-refractivity contribution is -0.118. The molecule has 0 bridgehead atoms. The highest BCUT2D eigenvalue weighted by atomic mass is 32.2. The molecule has 0 radical (unpaired) electrons. The lowest BCUT2D eigenvalue weighted by Crippen LogP contribution is -2.16. The van der Waals surface area contributed by atoms with Crippen molar-refractivity contribution in [2.45, 2.75) is 25.2 Å². The minimum Gasteiger partial charge on any atom is -0.395 e. The van der Waals surface area contributed by atoms with Gasteiger partial charge in [-0.05, 0) is 36.1 Å². The first-order chi connectivity index (χ1) is 9.26. The van der Waals surface area contributed by atoms with Gasteiger partial charge in [0.15, 0.2) is 9.84 Å². The Balaban J connectivity index is 2.04. The van der Waals surface area contributed by atoms with Crippen LogP contribution in [-0.4, -0.2) is 31.8 Å². The minimum atomic E-state index is -3.44. The summed E-state index contributed by atoms with van der Waals surface area (Å²) in [6, 6.07) is 6.02. The summed E-state index contributed by atoms with van der Waals surface area (Å²) in [7, 11) is -3.44. The molecule has 0 unspecified atom stereocenters. The third-order valence-electron chi connectivity index (χ3n) is 3.67. The summed E-state index contributed by atoms with van der Waals surface area (Å²) in [5.41, 5.74) is 0.648. The maximum absolute atomic E-state index is 11.9. The number of benzene rings is 1. The molecule has 1 aliphatic carbocycles. The second-order valence-corrected chi connectivity index (χ2v) is 7.91. The van der Waals surface area contributed by atoms with E-state index in [1.165, 1.54) is 12.1 Å². The molecule has 0 spiro atoms. The van der Waals surface area contributed by atoms with Crippen molar-refractivity contribution < 1.29 is 18.3 Å². The van der Waals surface area contributed by atoms with Crippen LogP contribution in [0.1, 0.15) is 20.3 Å². The molecule has 0 aromatic heterocycles. The molecular weight excluding hydrogens is 278 g/mol. The van der Waals surface area contributed by atoms with E-state index in [0.717, 1.165) is 6.42 Å². The molecule has 1 aliphatic rings. The van der Waals surface area contributed by atoms with E-state index in [0.29, 0.717) is 5.69 Å². The van der Waals surface area contributed by atoms with Crippen LogP contribution in [0.25, 0.3) is 0 Å². The van der Waals surface area contributed by atoms with Gasteiger partial charge in [-0.1, -0.05) is 13.8 Å². The fraction of sp³-hybridized carbons (Fsp3) is 0.500. The number of aliphatic hydroxyl groups is 1. The first-order valence-corrected chi connectivity index (χ1v) is 8.16. The molecule has 5 nitrogen and oxygen atoms in total. The molecule has 1 atom stereocenters. The van der Waals surface area contributed by atoms with Gasteiger partial charge in [0.05, 0.1) is 17.3 Å². The van der Waals surface area contributed by atoms with Crippen molar-refractivity contribution in [3.63, 3.8) is 0 Å². The predicted molar refractivity (Wildman–Crippen MR) is 76.1 cm³/mol.